The van der Waals surface area contributed by atoms with E-state index in [1.165, 1.54) is 17.7 Å². The Labute approximate surface area is 95.2 Å². The summed E-state index contributed by atoms with van der Waals surface area (Å²) in [5.41, 5.74) is 2.11. The summed E-state index contributed by atoms with van der Waals surface area (Å²) in [6.07, 6.45) is 4.66. The third-order valence-corrected chi connectivity index (χ3v) is 3.08. The van der Waals surface area contributed by atoms with Crippen molar-refractivity contribution in [1.29, 1.82) is 0 Å². The van der Waals surface area contributed by atoms with E-state index in [9.17, 15) is 4.79 Å². The molecule has 0 aromatic carbocycles. The zero-order valence-corrected chi connectivity index (χ0v) is 9.64. The van der Waals surface area contributed by atoms with Gasteiger partial charge >= 0.3 is 0 Å². The van der Waals surface area contributed by atoms with E-state index >= 15 is 0 Å². The molecule has 0 saturated heterocycles. The summed E-state index contributed by atoms with van der Waals surface area (Å²) in [5.74, 6) is -0.156. The van der Waals surface area contributed by atoms with Gasteiger partial charge in [-0.3, -0.25) is 14.6 Å². The number of pyridine rings is 1. The van der Waals surface area contributed by atoms with Crippen molar-refractivity contribution in [2.75, 3.05) is 14.2 Å². The number of carbonyl (C=O) groups is 1. The van der Waals surface area contributed by atoms with Crippen molar-refractivity contribution >= 4 is 5.91 Å². The highest BCUT2D eigenvalue weighted by Gasteiger charge is 2.29. The van der Waals surface area contributed by atoms with E-state index in [1.807, 2.05) is 6.07 Å². The minimum absolute atomic E-state index is 0.0119. The van der Waals surface area contributed by atoms with Crippen LogP contribution in [0, 0.1) is 0 Å². The van der Waals surface area contributed by atoms with E-state index < -0.39 is 0 Å². The highest BCUT2D eigenvalue weighted by molar-refractivity contribution is 5.82. The van der Waals surface area contributed by atoms with Crippen LogP contribution in [0.15, 0.2) is 18.3 Å². The lowest BCUT2D eigenvalue weighted by molar-refractivity contribution is -0.170. The molecule has 0 bridgehead atoms. The average Bonchev–Trinajstić information content (AvgIpc) is 2.36. The number of aryl methyl sites for hydroxylation is 1. The van der Waals surface area contributed by atoms with Crippen molar-refractivity contribution in [2.45, 2.75) is 25.2 Å². The molecule has 1 amide bonds. The first-order valence-electron chi connectivity index (χ1n) is 5.49. The fraction of sp³-hybridized carbons (Fsp3) is 0.500. The molecule has 1 aliphatic rings. The molecule has 0 N–H and O–H groups in total. The van der Waals surface area contributed by atoms with Crippen LogP contribution in [0.4, 0.5) is 0 Å². The number of nitrogens with zero attached hydrogens (tertiary/aromatic N) is 2. The van der Waals surface area contributed by atoms with Gasteiger partial charge in [-0.2, -0.15) is 0 Å². The van der Waals surface area contributed by atoms with Crippen molar-refractivity contribution < 1.29 is 9.63 Å². The first-order chi connectivity index (χ1) is 7.74. The number of likely N-dealkylation sites (N-methyl/N-ethyl adjacent to an activating group) is 1. The van der Waals surface area contributed by atoms with Crippen LogP contribution in [0.5, 0.6) is 0 Å². The van der Waals surface area contributed by atoms with E-state index in [2.05, 4.69) is 11.1 Å². The Kier molecular flexibility index (Phi) is 3.19. The van der Waals surface area contributed by atoms with Crippen LogP contribution in [-0.2, 0) is 16.1 Å². The Balaban J connectivity index is 2.28. The first kappa shape index (κ1) is 11.1. The maximum absolute atomic E-state index is 12.1. The van der Waals surface area contributed by atoms with Gasteiger partial charge in [-0.05, 0) is 30.9 Å². The summed E-state index contributed by atoms with van der Waals surface area (Å²) in [7, 11) is 3.14. The Hall–Kier alpha value is -1.42. The van der Waals surface area contributed by atoms with E-state index in [-0.39, 0.29) is 11.8 Å². The van der Waals surface area contributed by atoms with Crippen LogP contribution in [0.3, 0.4) is 0 Å². The third-order valence-electron chi connectivity index (χ3n) is 3.08. The molecule has 0 saturated carbocycles. The summed E-state index contributed by atoms with van der Waals surface area (Å²) >= 11 is 0. The second kappa shape index (κ2) is 4.61. The standard InChI is InChI=1S/C12H16N2O2/c1-14(16-2)12(15)10-7-3-5-9-6-4-8-13-11(9)10/h4,6,8,10H,3,5,7H2,1-2H3. The van der Waals surface area contributed by atoms with Gasteiger partial charge in [0.15, 0.2) is 0 Å². The minimum atomic E-state index is -0.144. The van der Waals surface area contributed by atoms with Crippen LogP contribution in [0.25, 0.3) is 0 Å². The van der Waals surface area contributed by atoms with Gasteiger partial charge in [-0.1, -0.05) is 6.07 Å². The molecule has 0 fully saturated rings. The van der Waals surface area contributed by atoms with Crippen molar-refractivity contribution in [3.8, 4) is 0 Å². The zero-order chi connectivity index (χ0) is 11.5. The zero-order valence-electron chi connectivity index (χ0n) is 9.64. The second-order valence-corrected chi connectivity index (χ2v) is 4.01. The van der Waals surface area contributed by atoms with Crippen molar-refractivity contribution in [3.05, 3.63) is 29.6 Å². The van der Waals surface area contributed by atoms with Crippen molar-refractivity contribution in [1.82, 2.24) is 10.0 Å². The van der Waals surface area contributed by atoms with E-state index in [0.29, 0.717) is 0 Å². The van der Waals surface area contributed by atoms with Gasteiger partial charge in [-0.15, -0.1) is 0 Å². The summed E-state index contributed by atoms with van der Waals surface area (Å²) in [4.78, 5) is 21.3. The molecule has 0 spiro atoms. The number of fused-ring (bicyclic) bond motifs is 1. The molecule has 86 valence electrons. The van der Waals surface area contributed by atoms with Gasteiger partial charge in [0, 0.05) is 13.2 Å². The van der Waals surface area contributed by atoms with Gasteiger partial charge in [0.1, 0.15) is 0 Å². The molecule has 1 heterocycles. The van der Waals surface area contributed by atoms with E-state index in [1.54, 1.807) is 13.2 Å². The molecule has 1 aromatic heterocycles. The number of hydroxylamine groups is 2. The van der Waals surface area contributed by atoms with Gasteiger partial charge in [0.25, 0.3) is 5.91 Å². The fourth-order valence-electron chi connectivity index (χ4n) is 2.16. The second-order valence-electron chi connectivity index (χ2n) is 4.01. The third kappa shape index (κ3) is 1.93. The van der Waals surface area contributed by atoms with Crippen LogP contribution < -0.4 is 0 Å². The molecule has 16 heavy (non-hydrogen) atoms. The molecule has 1 unspecified atom stereocenters. The lowest BCUT2D eigenvalue weighted by Crippen LogP contribution is -2.33. The highest BCUT2D eigenvalue weighted by Crippen LogP contribution is 2.30. The minimum Gasteiger partial charge on any atom is -0.275 e. The van der Waals surface area contributed by atoms with Crippen LogP contribution in [-0.4, -0.2) is 30.1 Å². The summed E-state index contributed by atoms with van der Waals surface area (Å²) in [6, 6.07) is 3.97. The summed E-state index contributed by atoms with van der Waals surface area (Å²) in [5, 5.41) is 1.29. The topological polar surface area (TPSA) is 42.4 Å². The molecule has 1 aromatic rings. The highest BCUT2D eigenvalue weighted by atomic mass is 16.7. The molecule has 0 radical (unpaired) electrons. The molecule has 0 aliphatic heterocycles. The average molecular weight is 220 g/mol. The Bertz CT molecular complexity index is 392. The molecule has 4 heteroatoms. The predicted octanol–water partition coefficient (Wildman–Crippen LogP) is 1.52. The fourth-order valence-corrected chi connectivity index (χ4v) is 2.16. The monoisotopic (exact) mass is 220 g/mol. The van der Waals surface area contributed by atoms with Crippen LogP contribution in [0.1, 0.15) is 30.0 Å². The molecular weight excluding hydrogens is 204 g/mol. The largest absolute Gasteiger partial charge is 0.275 e. The van der Waals surface area contributed by atoms with Crippen LogP contribution >= 0.6 is 0 Å². The maximum atomic E-state index is 12.1. The summed E-state index contributed by atoms with van der Waals surface area (Å²) in [6.45, 7) is 0. The van der Waals surface area contributed by atoms with Crippen molar-refractivity contribution in [2.24, 2.45) is 0 Å². The maximum Gasteiger partial charge on any atom is 0.254 e. The molecule has 2 rings (SSSR count). The van der Waals surface area contributed by atoms with Gasteiger partial charge in [0.2, 0.25) is 0 Å². The quantitative estimate of drug-likeness (QED) is 0.710. The molecular formula is C12H16N2O2. The van der Waals surface area contributed by atoms with E-state index in [4.69, 9.17) is 4.84 Å². The smallest absolute Gasteiger partial charge is 0.254 e. The lowest BCUT2D eigenvalue weighted by atomic mass is 9.86. The number of carbonyl (C=O) groups excluding carboxylic acids is 1. The first-order valence-corrected chi connectivity index (χ1v) is 5.49. The predicted molar refractivity (Wildman–Crippen MR) is 59.7 cm³/mol. The number of amides is 1. The SMILES string of the molecule is CON(C)C(=O)C1CCCc2cccnc21. The Morgan fingerprint density at radius 3 is 3.19 bits per heavy atom. The summed E-state index contributed by atoms with van der Waals surface area (Å²) < 4.78 is 0. The Morgan fingerprint density at radius 2 is 2.44 bits per heavy atom. The molecule has 1 atom stereocenters. The number of hydrogen-bond donors (Lipinski definition) is 0. The number of aromatic nitrogens is 1. The number of rotatable bonds is 2. The molecule has 1 aliphatic carbocycles. The van der Waals surface area contributed by atoms with Gasteiger partial charge in [0.05, 0.1) is 18.7 Å². The van der Waals surface area contributed by atoms with Gasteiger partial charge in [-0.25, -0.2) is 5.06 Å². The van der Waals surface area contributed by atoms with Gasteiger partial charge < -0.3 is 0 Å². The molecule has 4 nitrogen and oxygen atoms in total. The van der Waals surface area contributed by atoms with Crippen molar-refractivity contribution in [3.63, 3.8) is 0 Å². The van der Waals surface area contributed by atoms with E-state index in [0.717, 1.165) is 25.0 Å². The Morgan fingerprint density at radius 1 is 1.62 bits per heavy atom. The number of hydrogen-bond acceptors (Lipinski definition) is 3. The normalized spacial score (nSPS) is 19.0. The lowest BCUT2D eigenvalue weighted by Gasteiger charge is -2.26. The van der Waals surface area contributed by atoms with Crippen LogP contribution in [0.2, 0.25) is 0 Å².